The van der Waals surface area contributed by atoms with Crippen molar-refractivity contribution in [3.63, 3.8) is 0 Å². The van der Waals surface area contributed by atoms with Crippen LogP contribution >= 0.6 is 24.8 Å². The summed E-state index contributed by atoms with van der Waals surface area (Å²) in [5.74, 6) is 0.833. The van der Waals surface area contributed by atoms with Crippen LogP contribution in [0.4, 0.5) is 0 Å². The summed E-state index contributed by atoms with van der Waals surface area (Å²) < 4.78 is 25.1. The Morgan fingerprint density at radius 1 is 1.00 bits per heavy atom. The van der Waals surface area contributed by atoms with Gasteiger partial charge in [-0.3, -0.25) is 0 Å². The lowest BCUT2D eigenvalue weighted by atomic mass is 10.2. The van der Waals surface area contributed by atoms with Gasteiger partial charge in [0.05, 0.1) is 15.9 Å². The highest BCUT2D eigenvalue weighted by atomic mass is 35.5. The highest BCUT2D eigenvalue weighted by Gasteiger charge is 2.12. The molecule has 0 aliphatic heterocycles. The van der Waals surface area contributed by atoms with Gasteiger partial charge in [0.25, 0.3) is 0 Å². The van der Waals surface area contributed by atoms with E-state index in [1.165, 1.54) is 6.26 Å². The Morgan fingerprint density at radius 3 is 2.13 bits per heavy atom. The second kappa shape index (κ2) is 6.91. The van der Waals surface area contributed by atoms with Crippen LogP contribution in [0.1, 0.15) is 5.56 Å². The molecule has 23 heavy (non-hydrogen) atoms. The monoisotopic (exact) mass is 372 g/mol. The summed E-state index contributed by atoms with van der Waals surface area (Å²) in [7, 11) is -1.20. The number of para-hydroxylation sites is 1. The van der Waals surface area contributed by atoms with Gasteiger partial charge in [-0.15, -0.1) is 24.8 Å². The maximum absolute atomic E-state index is 11.5. The van der Waals surface area contributed by atoms with Crippen molar-refractivity contribution in [1.29, 1.82) is 0 Å². The van der Waals surface area contributed by atoms with Gasteiger partial charge in [-0.1, -0.05) is 12.1 Å². The van der Waals surface area contributed by atoms with Crippen molar-refractivity contribution in [2.75, 3.05) is 6.26 Å². The summed E-state index contributed by atoms with van der Waals surface area (Å²) in [6.07, 6.45) is 1.21. The van der Waals surface area contributed by atoms with Crippen LogP contribution in [0.2, 0.25) is 0 Å². The van der Waals surface area contributed by atoms with Crippen LogP contribution in [0.15, 0.2) is 47.4 Å². The normalized spacial score (nSPS) is 10.9. The summed E-state index contributed by atoms with van der Waals surface area (Å²) in [4.78, 5) is 5.01. The molecule has 0 aliphatic carbocycles. The number of rotatable bonds is 2. The Hall–Kier alpha value is -1.56. The number of halogens is 2. The lowest BCUT2D eigenvalue weighted by Gasteiger charge is -2.04. The van der Waals surface area contributed by atoms with E-state index in [9.17, 15) is 8.42 Å². The maximum atomic E-state index is 11.5. The van der Waals surface area contributed by atoms with Gasteiger partial charge >= 0.3 is 0 Å². The van der Waals surface area contributed by atoms with Gasteiger partial charge in [-0.2, -0.15) is 0 Å². The fraction of sp³-hybridized carbons (Fsp3) is 0.188. The average Bonchev–Trinajstić information content (AvgIpc) is 2.77. The Kier molecular flexibility index (Phi) is 5.85. The fourth-order valence-corrected chi connectivity index (χ4v) is 3.09. The van der Waals surface area contributed by atoms with E-state index in [1.54, 1.807) is 24.3 Å². The molecule has 0 bridgehead atoms. The van der Waals surface area contributed by atoms with Crippen molar-refractivity contribution in [1.82, 2.24) is 9.55 Å². The van der Waals surface area contributed by atoms with Crippen LogP contribution in [0.25, 0.3) is 22.4 Å². The van der Waals surface area contributed by atoms with E-state index < -0.39 is 9.84 Å². The SMILES string of the molecule is Cc1cccc2c1nc(-c1ccc(S(C)(=O)=O)cc1)n2C.Cl.Cl. The van der Waals surface area contributed by atoms with E-state index in [2.05, 4.69) is 4.98 Å². The molecule has 2 aromatic carbocycles. The van der Waals surface area contributed by atoms with Crippen molar-refractivity contribution < 1.29 is 8.42 Å². The van der Waals surface area contributed by atoms with Crippen molar-refractivity contribution >= 4 is 45.7 Å². The predicted octanol–water partition coefficient (Wildman–Crippen LogP) is 3.80. The molecule has 0 fully saturated rings. The Balaban J connectivity index is 0.00000132. The molecule has 3 rings (SSSR count). The largest absolute Gasteiger partial charge is 0.327 e. The molecule has 0 aliphatic rings. The standard InChI is InChI=1S/C16H16N2O2S.2ClH/c1-11-5-4-6-14-15(11)17-16(18(14)2)12-7-9-13(10-8-12)21(3,19)20;;/h4-10H,1-3H3;2*1H. The lowest BCUT2D eigenvalue weighted by Crippen LogP contribution is -1.97. The summed E-state index contributed by atoms with van der Waals surface area (Å²) in [6, 6.07) is 12.9. The number of hydrogen-bond acceptors (Lipinski definition) is 3. The second-order valence-electron chi connectivity index (χ2n) is 5.23. The van der Waals surface area contributed by atoms with E-state index in [4.69, 9.17) is 0 Å². The topological polar surface area (TPSA) is 52.0 Å². The zero-order chi connectivity index (χ0) is 15.2. The van der Waals surface area contributed by atoms with Crippen LogP contribution in [0.3, 0.4) is 0 Å². The van der Waals surface area contributed by atoms with Crippen LogP contribution in [0.5, 0.6) is 0 Å². The first-order valence-corrected chi connectivity index (χ1v) is 8.49. The van der Waals surface area contributed by atoms with Gasteiger partial charge < -0.3 is 4.57 Å². The maximum Gasteiger partial charge on any atom is 0.175 e. The van der Waals surface area contributed by atoms with Gasteiger partial charge in [0.1, 0.15) is 5.82 Å². The average molecular weight is 373 g/mol. The zero-order valence-corrected chi connectivity index (χ0v) is 15.4. The molecule has 3 aromatic rings. The van der Waals surface area contributed by atoms with Crippen LogP contribution < -0.4 is 0 Å². The summed E-state index contributed by atoms with van der Waals surface area (Å²) in [5.41, 5.74) is 4.07. The zero-order valence-electron chi connectivity index (χ0n) is 13.0. The number of fused-ring (bicyclic) bond motifs is 1. The second-order valence-corrected chi connectivity index (χ2v) is 7.25. The minimum atomic E-state index is -3.17. The molecular weight excluding hydrogens is 355 g/mol. The highest BCUT2D eigenvalue weighted by Crippen LogP contribution is 2.26. The number of imidazole rings is 1. The summed E-state index contributed by atoms with van der Waals surface area (Å²) >= 11 is 0. The molecule has 0 N–H and O–H groups in total. The molecule has 0 saturated heterocycles. The summed E-state index contributed by atoms with van der Waals surface area (Å²) in [5, 5.41) is 0. The Bertz CT molecular complexity index is 933. The van der Waals surface area contributed by atoms with E-state index in [0.29, 0.717) is 4.90 Å². The minimum Gasteiger partial charge on any atom is -0.327 e. The Labute approximate surface area is 148 Å². The molecule has 124 valence electrons. The third-order valence-electron chi connectivity index (χ3n) is 3.65. The molecule has 1 heterocycles. The first-order valence-electron chi connectivity index (χ1n) is 6.60. The quantitative estimate of drug-likeness (QED) is 0.687. The van der Waals surface area contributed by atoms with E-state index >= 15 is 0 Å². The van der Waals surface area contributed by atoms with Crippen molar-refractivity contribution in [3.8, 4) is 11.4 Å². The van der Waals surface area contributed by atoms with Crippen molar-refractivity contribution in [3.05, 3.63) is 48.0 Å². The van der Waals surface area contributed by atoms with E-state index in [1.807, 2.05) is 36.7 Å². The molecule has 0 saturated carbocycles. The molecule has 0 unspecified atom stereocenters. The number of aryl methyl sites for hydroxylation is 2. The number of hydrogen-bond donors (Lipinski definition) is 0. The number of nitrogens with zero attached hydrogens (tertiary/aromatic N) is 2. The lowest BCUT2D eigenvalue weighted by molar-refractivity contribution is 0.602. The molecule has 0 radical (unpaired) electrons. The fourth-order valence-electron chi connectivity index (χ4n) is 2.46. The van der Waals surface area contributed by atoms with Gasteiger partial charge in [0.15, 0.2) is 9.84 Å². The van der Waals surface area contributed by atoms with Crippen LogP contribution in [-0.4, -0.2) is 24.2 Å². The number of aromatic nitrogens is 2. The molecular formula is C16H18Cl2N2O2S. The predicted molar refractivity (Wildman–Crippen MR) is 98.5 cm³/mol. The van der Waals surface area contributed by atoms with Crippen LogP contribution in [-0.2, 0) is 16.9 Å². The molecule has 0 atom stereocenters. The molecule has 0 spiro atoms. The molecule has 1 aromatic heterocycles. The van der Waals surface area contributed by atoms with Crippen molar-refractivity contribution in [2.45, 2.75) is 11.8 Å². The molecule has 7 heteroatoms. The van der Waals surface area contributed by atoms with Crippen molar-refractivity contribution in [2.24, 2.45) is 7.05 Å². The number of benzene rings is 2. The third kappa shape index (κ3) is 3.52. The van der Waals surface area contributed by atoms with Gasteiger partial charge in [-0.25, -0.2) is 13.4 Å². The first kappa shape index (κ1) is 19.5. The minimum absolute atomic E-state index is 0. The molecule has 0 amide bonds. The Morgan fingerprint density at radius 2 is 1.61 bits per heavy atom. The van der Waals surface area contributed by atoms with Gasteiger partial charge in [-0.05, 0) is 42.8 Å². The van der Waals surface area contributed by atoms with E-state index in [-0.39, 0.29) is 24.8 Å². The van der Waals surface area contributed by atoms with Gasteiger partial charge in [0.2, 0.25) is 0 Å². The van der Waals surface area contributed by atoms with E-state index in [0.717, 1.165) is 28.0 Å². The molecule has 4 nitrogen and oxygen atoms in total. The van der Waals surface area contributed by atoms with Gasteiger partial charge in [0, 0.05) is 18.9 Å². The highest BCUT2D eigenvalue weighted by molar-refractivity contribution is 7.90. The third-order valence-corrected chi connectivity index (χ3v) is 4.78. The smallest absolute Gasteiger partial charge is 0.175 e. The summed E-state index contributed by atoms with van der Waals surface area (Å²) in [6.45, 7) is 2.03. The van der Waals surface area contributed by atoms with Crippen LogP contribution in [0, 0.1) is 6.92 Å². The number of sulfone groups is 1. The first-order chi connectivity index (χ1) is 9.88.